The van der Waals surface area contributed by atoms with E-state index in [9.17, 15) is 9.59 Å². The normalized spacial score (nSPS) is 16.7. The Morgan fingerprint density at radius 3 is 2.77 bits per heavy atom. The molecule has 2 amide bonds. The standard InChI is InChI=1S/C19H24N4O2S/c1-3-4-7-16(24)23-12-5-6-15(23)18-21-22-19(26-18)17(25)20-14-10-8-13(2)9-11-14/h8-11,15H,3-7,12H2,1-2H3,(H,20,25)/t15-/m1/s1. The molecule has 1 saturated heterocycles. The topological polar surface area (TPSA) is 75.2 Å². The van der Waals surface area contributed by atoms with E-state index in [4.69, 9.17) is 0 Å². The second-order valence-electron chi connectivity index (χ2n) is 6.61. The van der Waals surface area contributed by atoms with Gasteiger partial charge in [0, 0.05) is 18.7 Å². The van der Waals surface area contributed by atoms with Gasteiger partial charge in [0.15, 0.2) is 0 Å². The van der Waals surface area contributed by atoms with E-state index in [1.807, 2.05) is 36.1 Å². The average molecular weight is 372 g/mol. The summed E-state index contributed by atoms with van der Waals surface area (Å²) >= 11 is 1.28. The number of aryl methyl sites for hydroxylation is 1. The number of anilines is 1. The van der Waals surface area contributed by atoms with Crippen molar-refractivity contribution < 1.29 is 9.59 Å². The Morgan fingerprint density at radius 1 is 1.27 bits per heavy atom. The number of hydrogen-bond acceptors (Lipinski definition) is 5. The number of hydrogen-bond donors (Lipinski definition) is 1. The van der Waals surface area contributed by atoms with Gasteiger partial charge >= 0.3 is 0 Å². The average Bonchev–Trinajstić information content (AvgIpc) is 3.30. The molecule has 26 heavy (non-hydrogen) atoms. The predicted octanol–water partition coefficient (Wildman–Crippen LogP) is 3.95. The van der Waals surface area contributed by atoms with Crippen LogP contribution in [0.25, 0.3) is 0 Å². The first-order valence-corrected chi connectivity index (χ1v) is 9.91. The molecule has 7 heteroatoms. The first-order valence-electron chi connectivity index (χ1n) is 9.09. The SMILES string of the molecule is CCCCC(=O)N1CCC[C@@H]1c1nnc(C(=O)Nc2ccc(C)cc2)s1. The molecule has 3 rings (SSSR count). The van der Waals surface area contributed by atoms with Crippen LogP contribution in [0.15, 0.2) is 24.3 Å². The van der Waals surface area contributed by atoms with Gasteiger partial charge in [0.05, 0.1) is 6.04 Å². The third kappa shape index (κ3) is 4.27. The number of nitrogens with one attached hydrogen (secondary N) is 1. The van der Waals surface area contributed by atoms with Gasteiger partial charge in [-0.3, -0.25) is 9.59 Å². The molecule has 138 valence electrons. The van der Waals surface area contributed by atoms with Crippen LogP contribution in [-0.2, 0) is 4.79 Å². The molecule has 1 N–H and O–H groups in total. The monoisotopic (exact) mass is 372 g/mol. The van der Waals surface area contributed by atoms with Gasteiger partial charge in [-0.25, -0.2) is 0 Å². The first kappa shape index (κ1) is 18.5. The zero-order chi connectivity index (χ0) is 18.5. The quantitative estimate of drug-likeness (QED) is 0.833. The van der Waals surface area contributed by atoms with Crippen molar-refractivity contribution >= 4 is 28.8 Å². The van der Waals surface area contributed by atoms with Crippen LogP contribution in [0.4, 0.5) is 5.69 Å². The van der Waals surface area contributed by atoms with Crippen molar-refractivity contribution in [1.29, 1.82) is 0 Å². The molecule has 1 aliphatic rings. The van der Waals surface area contributed by atoms with Crippen molar-refractivity contribution in [2.45, 2.75) is 52.0 Å². The first-order chi connectivity index (χ1) is 12.6. The molecule has 0 unspecified atom stereocenters. The van der Waals surface area contributed by atoms with E-state index in [1.165, 1.54) is 11.3 Å². The Balaban J connectivity index is 1.67. The molecule has 1 aromatic carbocycles. The Bertz CT molecular complexity index is 772. The van der Waals surface area contributed by atoms with Crippen molar-refractivity contribution in [3.63, 3.8) is 0 Å². The third-order valence-corrected chi connectivity index (χ3v) is 5.57. The highest BCUT2D eigenvalue weighted by molar-refractivity contribution is 7.13. The van der Waals surface area contributed by atoms with Crippen LogP contribution in [0.3, 0.4) is 0 Å². The Kier molecular flexibility index (Phi) is 5.98. The number of rotatable bonds is 6. The zero-order valence-corrected chi connectivity index (χ0v) is 16.0. The molecule has 1 aliphatic heterocycles. The van der Waals surface area contributed by atoms with Crippen LogP contribution >= 0.6 is 11.3 Å². The van der Waals surface area contributed by atoms with Crippen LogP contribution in [-0.4, -0.2) is 33.5 Å². The van der Waals surface area contributed by atoms with Gasteiger partial charge in [0.1, 0.15) is 5.01 Å². The van der Waals surface area contributed by atoms with Crippen molar-refractivity contribution in [3.8, 4) is 0 Å². The molecule has 2 aromatic rings. The highest BCUT2D eigenvalue weighted by Crippen LogP contribution is 2.34. The third-order valence-electron chi connectivity index (χ3n) is 4.55. The Labute approximate surface area is 157 Å². The highest BCUT2D eigenvalue weighted by Gasteiger charge is 2.32. The largest absolute Gasteiger partial charge is 0.333 e. The Hall–Kier alpha value is -2.28. The number of benzene rings is 1. The Morgan fingerprint density at radius 2 is 2.04 bits per heavy atom. The summed E-state index contributed by atoms with van der Waals surface area (Å²) in [6, 6.07) is 7.57. The highest BCUT2D eigenvalue weighted by atomic mass is 32.1. The van der Waals surface area contributed by atoms with E-state index in [0.717, 1.165) is 48.5 Å². The number of unbranched alkanes of at least 4 members (excludes halogenated alkanes) is 1. The zero-order valence-electron chi connectivity index (χ0n) is 15.2. The van der Waals surface area contributed by atoms with Gasteiger partial charge in [0.2, 0.25) is 10.9 Å². The molecule has 1 fully saturated rings. The van der Waals surface area contributed by atoms with Gasteiger partial charge < -0.3 is 10.2 Å². The maximum absolute atomic E-state index is 12.4. The summed E-state index contributed by atoms with van der Waals surface area (Å²) in [5.74, 6) is -0.0883. The fraction of sp³-hybridized carbons (Fsp3) is 0.474. The fourth-order valence-corrected chi connectivity index (χ4v) is 3.96. The van der Waals surface area contributed by atoms with Crippen LogP contribution in [0.2, 0.25) is 0 Å². The fourth-order valence-electron chi connectivity index (χ4n) is 3.08. The lowest BCUT2D eigenvalue weighted by molar-refractivity contribution is -0.132. The van der Waals surface area contributed by atoms with Crippen LogP contribution < -0.4 is 5.32 Å². The second kappa shape index (κ2) is 8.40. The summed E-state index contributed by atoms with van der Waals surface area (Å²) in [5.41, 5.74) is 1.87. The summed E-state index contributed by atoms with van der Waals surface area (Å²) in [7, 11) is 0. The number of aromatic nitrogens is 2. The summed E-state index contributed by atoms with van der Waals surface area (Å²) in [6.45, 7) is 4.84. The van der Waals surface area contributed by atoms with Crippen molar-refractivity contribution in [1.82, 2.24) is 15.1 Å². The van der Waals surface area contributed by atoms with Gasteiger partial charge in [-0.1, -0.05) is 42.4 Å². The molecule has 6 nitrogen and oxygen atoms in total. The van der Waals surface area contributed by atoms with E-state index in [-0.39, 0.29) is 17.9 Å². The minimum Gasteiger partial charge on any atom is -0.333 e. The summed E-state index contributed by atoms with van der Waals surface area (Å²) in [6.07, 6.45) is 4.33. The maximum atomic E-state index is 12.4. The number of carbonyl (C=O) groups is 2. The molecular weight excluding hydrogens is 348 g/mol. The van der Waals surface area contributed by atoms with Gasteiger partial charge in [-0.15, -0.1) is 10.2 Å². The minimum atomic E-state index is -0.264. The van der Waals surface area contributed by atoms with E-state index >= 15 is 0 Å². The number of amides is 2. The van der Waals surface area contributed by atoms with Crippen LogP contribution in [0.5, 0.6) is 0 Å². The van der Waals surface area contributed by atoms with E-state index < -0.39 is 0 Å². The lowest BCUT2D eigenvalue weighted by Gasteiger charge is -2.22. The van der Waals surface area contributed by atoms with E-state index in [0.29, 0.717) is 11.4 Å². The minimum absolute atomic E-state index is 0.0437. The lowest BCUT2D eigenvalue weighted by atomic mass is 10.2. The lowest BCUT2D eigenvalue weighted by Crippen LogP contribution is -2.30. The molecule has 1 aromatic heterocycles. The van der Waals surface area contributed by atoms with Crippen molar-refractivity contribution in [2.75, 3.05) is 11.9 Å². The second-order valence-corrected chi connectivity index (χ2v) is 7.62. The number of likely N-dealkylation sites (tertiary alicyclic amines) is 1. The van der Waals surface area contributed by atoms with E-state index in [1.54, 1.807) is 0 Å². The summed E-state index contributed by atoms with van der Waals surface area (Å²) in [4.78, 5) is 26.7. The van der Waals surface area contributed by atoms with Crippen LogP contribution in [0, 0.1) is 6.92 Å². The summed E-state index contributed by atoms with van der Waals surface area (Å²) < 4.78 is 0. The van der Waals surface area contributed by atoms with Crippen LogP contribution in [0.1, 0.15) is 65.4 Å². The summed E-state index contributed by atoms with van der Waals surface area (Å²) in [5, 5.41) is 12.2. The molecular formula is C19H24N4O2S. The van der Waals surface area contributed by atoms with Crippen molar-refractivity contribution in [2.24, 2.45) is 0 Å². The molecule has 0 saturated carbocycles. The molecule has 1 atom stereocenters. The van der Waals surface area contributed by atoms with Crippen molar-refractivity contribution in [3.05, 3.63) is 39.8 Å². The molecule has 0 spiro atoms. The predicted molar refractivity (Wildman–Crippen MR) is 102 cm³/mol. The van der Waals surface area contributed by atoms with Gasteiger partial charge in [-0.2, -0.15) is 0 Å². The van der Waals surface area contributed by atoms with Gasteiger partial charge in [0.25, 0.3) is 5.91 Å². The van der Waals surface area contributed by atoms with Gasteiger partial charge in [-0.05, 0) is 38.3 Å². The number of nitrogens with zero attached hydrogens (tertiary/aromatic N) is 3. The molecule has 0 aliphatic carbocycles. The molecule has 0 radical (unpaired) electrons. The van der Waals surface area contributed by atoms with E-state index in [2.05, 4.69) is 22.4 Å². The molecule has 2 heterocycles. The number of carbonyl (C=O) groups excluding carboxylic acids is 2. The maximum Gasteiger partial charge on any atom is 0.286 e. The smallest absolute Gasteiger partial charge is 0.286 e. The molecule has 0 bridgehead atoms.